The Kier molecular flexibility index (Phi) is 2.83. The molecule has 1 unspecified atom stereocenters. The Bertz CT molecular complexity index is 553. The van der Waals surface area contributed by atoms with Crippen molar-refractivity contribution >= 4 is 11.0 Å². The quantitative estimate of drug-likeness (QED) is 0.809. The van der Waals surface area contributed by atoms with Crippen LogP contribution in [0.4, 0.5) is 0 Å². The molecule has 1 aromatic heterocycles. The van der Waals surface area contributed by atoms with Gasteiger partial charge >= 0.3 is 5.69 Å². The van der Waals surface area contributed by atoms with Crippen LogP contribution in [-0.2, 0) is 13.5 Å². The number of H-pyrrole nitrogens is 1. The maximum Gasteiger partial charge on any atom is 0.326 e. The number of nitrogens with one attached hydrogen (secondary N) is 1. The molecular weight excluding hydrogens is 202 g/mol. The molecule has 86 valence electrons. The topological polar surface area (TPSA) is 63.8 Å². The number of aromatic nitrogens is 2. The van der Waals surface area contributed by atoms with Gasteiger partial charge in [-0.05, 0) is 30.5 Å². The van der Waals surface area contributed by atoms with E-state index in [4.69, 9.17) is 5.73 Å². The lowest BCUT2D eigenvalue weighted by Crippen LogP contribution is -2.15. The van der Waals surface area contributed by atoms with Gasteiger partial charge in [-0.2, -0.15) is 0 Å². The zero-order valence-corrected chi connectivity index (χ0v) is 9.66. The Morgan fingerprint density at radius 2 is 2.25 bits per heavy atom. The Hall–Kier alpha value is -1.55. The van der Waals surface area contributed by atoms with Gasteiger partial charge < -0.3 is 10.7 Å². The molecule has 4 nitrogen and oxygen atoms in total. The summed E-state index contributed by atoms with van der Waals surface area (Å²) in [5.41, 5.74) is 8.63. The van der Waals surface area contributed by atoms with E-state index in [0.29, 0.717) is 12.5 Å². The normalized spacial score (nSPS) is 13.2. The van der Waals surface area contributed by atoms with Gasteiger partial charge in [0.1, 0.15) is 0 Å². The van der Waals surface area contributed by atoms with Gasteiger partial charge in [0, 0.05) is 7.05 Å². The van der Waals surface area contributed by atoms with Gasteiger partial charge in [0.25, 0.3) is 0 Å². The first-order chi connectivity index (χ1) is 7.63. The van der Waals surface area contributed by atoms with E-state index in [1.807, 2.05) is 12.1 Å². The summed E-state index contributed by atoms with van der Waals surface area (Å²) >= 11 is 0. The summed E-state index contributed by atoms with van der Waals surface area (Å²) < 4.78 is 1.66. The van der Waals surface area contributed by atoms with E-state index in [-0.39, 0.29) is 5.69 Å². The number of rotatable bonds is 3. The third-order valence-corrected chi connectivity index (χ3v) is 2.97. The zero-order valence-electron chi connectivity index (χ0n) is 9.66. The van der Waals surface area contributed by atoms with E-state index in [0.717, 1.165) is 17.5 Å². The molecule has 0 amide bonds. The molecule has 1 atom stereocenters. The predicted octanol–water partition coefficient (Wildman–Crippen LogP) is 1.00. The molecule has 0 saturated carbocycles. The molecule has 3 N–H and O–H groups in total. The van der Waals surface area contributed by atoms with Crippen LogP contribution < -0.4 is 11.4 Å². The lowest BCUT2D eigenvalue weighted by molar-refractivity contribution is 0.594. The number of para-hydroxylation sites is 1. The summed E-state index contributed by atoms with van der Waals surface area (Å²) in [5, 5.41) is 0. The molecule has 2 rings (SSSR count). The van der Waals surface area contributed by atoms with Crippen LogP contribution in [0.2, 0.25) is 0 Å². The predicted molar refractivity (Wildman–Crippen MR) is 65.5 cm³/mol. The lowest BCUT2D eigenvalue weighted by Gasteiger charge is -2.10. The minimum Gasteiger partial charge on any atom is -0.330 e. The first-order valence-corrected chi connectivity index (χ1v) is 5.50. The van der Waals surface area contributed by atoms with Crippen LogP contribution >= 0.6 is 0 Å². The Morgan fingerprint density at radius 3 is 2.94 bits per heavy atom. The molecule has 0 fully saturated rings. The molecule has 0 saturated heterocycles. The number of hydrogen-bond acceptors (Lipinski definition) is 2. The smallest absolute Gasteiger partial charge is 0.326 e. The fourth-order valence-corrected chi connectivity index (χ4v) is 2.01. The van der Waals surface area contributed by atoms with Crippen LogP contribution in [0.5, 0.6) is 0 Å². The second-order valence-electron chi connectivity index (χ2n) is 4.35. The number of aromatic amines is 1. The third kappa shape index (κ3) is 1.76. The van der Waals surface area contributed by atoms with Gasteiger partial charge in [-0.25, -0.2) is 4.79 Å². The average molecular weight is 219 g/mol. The molecule has 2 aromatic rings. The summed E-state index contributed by atoms with van der Waals surface area (Å²) in [7, 11) is 1.79. The minimum absolute atomic E-state index is 0.0668. The average Bonchev–Trinajstić information content (AvgIpc) is 2.56. The van der Waals surface area contributed by atoms with Gasteiger partial charge in [0.2, 0.25) is 0 Å². The van der Waals surface area contributed by atoms with Crippen molar-refractivity contribution in [3.8, 4) is 0 Å². The largest absolute Gasteiger partial charge is 0.330 e. The highest BCUT2D eigenvalue weighted by Gasteiger charge is 2.10. The van der Waals surface area contributed by atoms with Crippen LogP contribution in [0.3, 0.4) is 0 Å². The molecule has 0 aliphatic heterocycles. The van der Waals surface area contributed by atoms with Gasteiger partial charge in [-0.1, -0.05) is 19.1 Å². The van der Waals surface area contributed by atoms with Crippen molar-refractivity contribution in [1.29, 1.82) is 0 Å². The fourth-order valence-electron chi connectivity index (χ4n) is 2.01. The van der Waals surface area contributed by atoms with E-state index in [1.165, 1.54) is 5.56 Å². The van der Waals surface area contributed by atoms with Crippen molar-refractivity contribution in [3.05, 3.63) is 34.2 Å². The van der Waals surface area contributed by atoms with Crippen LogP contribution in [0.15, 0.2) is 23.0 Å². The van der Waals surface area contributed by atoms with E-state index >= 15 is 0 Å². The summed E-state index contributed by atoms with van der Waals surface area (Å²) in [6.45, 7) is 2.78. The monoisotopic (exact) mass is 219 g/mol. The Labute approximate surface area is 94.1 Å². The standard InChI is InChI=1S/C12H17N3O/c1-8(7-13)6-9-4-3-5-10-11(9)15(2)12(16)14-10/h3-5,8H,6-7,13H2,1-2H3,(H,14,16). The third-order valence-electron chi connectivity index (χ3n) is 2.97. The fraction of sp³-hybridized carbons (Fsp3) is 0.417. The van der Waals surface area contributed by atoms with E-state index in [1.54, 1.807) is 11.6 Å². The van der Waals surface area contributed by atoms with Gasteiger partial charge in [-0.15, -0.1) is 0 Å². The molecule has 0 bridgehead atoms. The van der Waals surface area contributed by atoms with Crippen LogP contribution in [0.1, 0.15) is 12.5 Å². The maximum atomic E-state index is 11.5. The second kappa shape index (κ2) is 4.14. The molecule has 0 aliphatic carbocycles. The Morgan fingerprint density at radius 1 is 1.50 bits per heavy atom. The Balaban J connectivity index is 2.56. The number of nitrogens with zero attached hydrogens (tertiary/aromatic N) is 1. The zero-order chi connectivity index (χ0) is 11.7. The first-order valence-electron chi connectivity index (χ1n) is 5.50. The molecule has 0 aliphatic rings. The van der Waals surface area contributed by atoms with Crippen LogP contribution in [-0.4, -0.2) is 16.1 Å². The maximum absolute atomic E-state index is 11.5. The van der Waals surface area contributed by atoms with E-state index in [9.17, 15) is 4.79 Å². The summed E-state index contributed by atoms with van der Waals surface area (Å²) in [4.78, 5) is 14.4. The second-order valence-corrected chi connectivity index (χ2v) is 4.35. The van der Waals surface area contributed by atoms with Crippen LogP contribution in [0, 0.1) is 5.92 Å². The highest BCUT2D eigenvalue weighted by atomic mass is 16.1. The number of benzene rings is 1. The summed E-state index contributed by atoms with van der Waals surface area (Å²) in [6.07, 6.45) is 0.902. The van der Waals surface area contributed by atoms with Gasteiger partial charge in [0.15, 0.2) is 0 Å². The van der Waals surface area contributed by atoms with Gasteiger partial charge in [-0.3, -0.25) is 4.57 Å². The van der Waals surface area contributed by atoms with Gasteiger partial charge in [0.05, 0.1) is 11.0 Å². The van der Waals surface area contributed by atoms with Crippen molar-refractivity contribution in [1.82, 2.24) is 9.55 Å². The van der Waals surface area contributed by atoms with Crippen LogP contribution in [0.25, 0.3) is 11.0 Å². The molecule has 0 spiro atoms. The van der Waals surface area contributed by atoms with Crippen molar-refractivity contribution in [2.75, 3.05) is 6.54 Å². The SMILES string of the molecule is CC(CN)Cc1cccc2[nH]c(=O)n(C)c12. The van der Waals surface area contributed by atoms with Crippen molar-refractivity contribution < 1.29 is 0 Å². The lowest BCUT2D eigenvalue weighted by atomic mass is 10.0. The number of hydrogen-bond donors (Lipinski definition) is 2. The van der Waals surface area contributed by atoms with Crippen molar-refractivity contribution in [2.45, 2.75) is 13.3 Å². The van der Waals surface area contributed by atoms with E-state index < -0.39 is 0 Å². The highest BCUT2D eigenvalue weighted by molar-refractivity contribution is 5.78. The number of imidazole rings is 1. The first kappa shape index (κ1) is 11.0. The minimum atomic E-state index is -0.0668. The molecule has 4 heteroatoms. The molecule has 0 radical (unpaired) electrons. The summed E-state index contributed by atoms with van der Waals surface area (Å²) in [5.74, 6) is 0.426. The highest BCUT2D eigenvalue weighted by Crippen LogP contribution is 2.18. The van der Waals surface area contributed by atoms with E-state index in [2.05, 4.69) is 18.0 Å². The summed E-state index contributed by atoms with van der Waals surface area (Å²) in [6, 6.07) is 5.95. The number of nitrogens with two attached hydrogens (primary N) is 1. The molecule has 1 heterocycles. The number of fused-ring (bicyclic) bond motifs is 1. The number of aryl methyl sites for hydroxylation is 1. The molecular formula is C12H17N3O. The molecule has 16 heavy (non-hydrogen) atoms. The van der Waals surface area contributed by atoms with Crippen molar-refractivity contribution in [3.63, 3.8) is 0 Å². The van der Waals surface area contributed by atoms with Crippen molar-refractivity contribution in [2.24, 2.45) is 18.7 Å². The molecule has 1 aromatic carbocycles.